The Bertz CT molecular complexity index is 773. The fourth-order valence-corrected chi connectivity index (χ4v) is 3.02. The summed E-state index contributed by atoms with van der Waals surface area (Å²) in [6, 6.07) is 12.6. The van der Waals surface area contributed by atoms with Crippen LogP contribution in [0.1, 0.15) is 28.8 Å². The van der Waals surface area contributed by atoms with Gasteiger partial charge in [0.1, 0.15) is 0 Å². The van der Waals surface area contributed by atoms with Crippen molar-refractivity contribution in [3.05, 3.63) is 58.6 Å². The van der Waals surface area contributed by atoms with Gasteiger partial charge in [-0.1, -0.05) is 29.8 Å². The number of hydrogen-bond donors (Lipinski definition) is 1. The minimum absolute atomic E-state index is 0.0867. The molecule has 2 aromatic rings. The molecule has 1 N–H and O–H groups in total. The molecule has 4 nitrogen and oxygen atoms in total. The molecule has 2 amide bonds. The zero-order valence-corrected chi connectivity index (χ0v) is 13.6. The van der Waals surface area contributed by atoms with Crippen LogP contribution in [0.3, 0.4) is 0 Å². The average molecular weight is 329 g/mol. The van der Waals surface area contributed by atoms with Gasteiger partial charge in [-0.05, 0) is 43.2 Å². The van der Waals surface area contributed by atoms with Gasteiger partial charge >= 0.3 is 0 Å². The molecule has 3 rings (SSSR count). The lowest BCUT2D eigenvalue weighted by Crippen LogP contribution is -2.24. The summed E-state index contributed by atoms with van der Waals surface area (Å²) in [6.45, 7) is 2.58. The summed E-state index contributed by atoms with van der Waals surface area (Å²) in [5.74, 6) is -0.0900. The molecule has 0 saturated carbocycles. The number of carbonyl (C=O) groups excluding carboxylic acids is 2. The van der Waals surface area contributed by atoms with Crippen LogP contribution in [0.15, 0.2) is 42.5 Å². The predicted molar refractivity (Wildman–Crippen MR) is 92.2 cm³/mol. The van der Waals surface area contributed by atoms with E-state index in [4.69, 9.17) is 11.6 Å². The van der Waals surface area contributed by atoms with Crippen molar-refractivity contribution in [3.63, 3.8) is 0 Å². The van der Waals surface area contributed by atoms with Crippen LogP contribution < -0.4 is 10.2 Å². The summed E-state index contributed by atoms with van der Waals surface area (Å²) in [6.07, 6.45) is 1.41. The standard InChI is InChI=1S/C18H17ClN2O2/c1-12-5-2-3-6-14(12)18(23)20-13-8-9-16(15(19)11-13)21-10-4-7-17(21)22/h2-3,5-6,8-9,11H,4,7,10H2,1H3,(H,20,23). The maximum absolute atomic E-state index is 12.3. The lowest BCUT2D eigenvalue weighted by Gasteiger charge is -2.18. The van der Waals surface area contributed by atoms with Gasteiger partial charge in [-0.3, -0.25) is 9.59 Å². The Hall–Kier alpha value is -2.33. The van der Waals surface area contributed by atoms with Crippen LogP contribution >= 0.6 is 11.6 Å². The number of hydrogen-bond acceptors (Lipinski definition) is 2. The van der Waals surface area contributed by atoms with Crippen LogP contribution in [0.5, 0.6) is 0 Å². The van der Waals surface area contributed by atoms with Crippen LogP contribution in [0.25, 0.3) is 0 Å². The van der Waals surface area contributed by atoms with Crippen molar-refractivity contribution in [2.24, 2.45) is 0 Å². The summed E-state index contributed by atoms with van der Waals surface area (Å²) in [4.78, 5) is 25.8. The van der Waals surface area contributed by atoms with Crippen molar-refractivity contribution in [2.75, 3.05) is 16.8 Å². The van der Waals surface area contributed by atoms with E-state index in [2.05, 4.69) is 5.32 Å². The van der Waals surface area contributed by atoms with Crippen LogP contribution in [-0.2, 0) is 4.79 Å². The summed E-state index contributed by atoms with van der Waals surface area (Å²) in [5.41, 5.74) is 2.85. The molecule has 23 heavy (non-hydrogen) atoms. The van der Waals surface area contributed by atoms with Gasteiger partial charge in [0.25, 0.3) is 5.91 Å². The van der Waals surface area contributed by atoms with E-state index < -0.39 is 0 Å². The van der Waals surface area contributed by atoms with Gasteiger partial charge in [0.2, 0.25) is 5.91 Å². The molecular weight excluding hydrogens is 312 g/mol. The molecule has 0 aliphatic carbocycles. The normalized spacial score (nSPS) is 14.2. The predicted octanol–water partition coefficient (Wildman–Crippen LogP) is 4.03. The molecule has 0 unspecified atom stereocenters. The number of rotatable bonds is 3. The molecule has 2 aromatic carbocycles. The minimum atomic E-state index is -0.177. The molecule has 1 saturated heterocycles. The summed E-state index contributed by atoms with van der Waals surface area (Å²) in [5, 5.41) is 3.30. The molecule has 118 valence electrons. The Labute approximate surface area is 140 Å². The van der Waals surface area contributed by atoms with Crippen LogP contribution in [0.2, 0.25) is 5.02 Å². The van der Waals surface area contributed by atoms with Crippen molar-refractivity contribution < 1.29 is 9.59 Å². The molecule has 1 aliphatic heterocycles. The molecule has 0 bridgehead atoms. The SMILES string of the molecule is Cc1ccccc1C(=O)Nc1ccc(N2CCCC2=O)c(Cl)c1. The number of nitrogens with one attached hydrogen (secondary N) is 1. The van der Waals surface area contributed by atoms with E-state index in [1.165, 1.54) is 0 Å². The van der Waals surface area contributed by atoms with Crippen LogP contribution in [0.4, 0.5) is 11.4 Å². The quantitative estimate of drug-likeness (QED) is 0.924. The van der Waals surface area contributed by atoms with E-state index >= 15 is 0 Å². The second kappa shape index (κ2) is 6.42. The third-order valence-electron chi connectivity index (χ3n) is 3.96. The first-order valence-corrected chi connectivity index (χ1v) is 7.91. The van der Waals surface area contributed by atoms with Crippen molar-refractivity contribution in [2.45, 2.75) is 19.8 Å². The Balaban J connectivity index is 1.79. The molecule has 0 aromatic heterocycles. The van der Waals surface area contributed by atoms with Gasteiger partial charge in [0, 0.05) is 24.2 Å². The first kappa shape index (κ1) is 15.6. The molecule has 1 heterocycles. The molecule has 1 fully saturated rings. The number of amides is 2. The molecular formula is C18H17ClN2O2. The molecule has 0 spiro atoms. The Kier molecular flexibility index (Phi) is 4.35. The third-order valence-corrected chi connectivity index (χ3v) is 4.26. The van der Waals surface area contributed by atoms with Gasteiger partial charge in [-0.2, -0.15) is 0 Å². The topological polar surface area (TPSA) is 49.4 Å². The maximum Gasteiger partial charge on any atom is 0.255 e. The van der Waals surface area contributed by atoms with E-state index in [0.29, 0.717) is 34.9 Å². The van der Waals surface area contributed by atoms with Gasteiger partial charge in [0.15, 0.2) is 0 Å². The van der Waals surface area contributed by atoms with E-state index in [-0.39, 0.29) is 11.8 Å². The number of halogens is 1. The number of anilines is 2. The second-order valence-electron chi connectivity index (χ2n) is 5.58. The zero-order valence-electron chi connectivity index (χ0n) is 12.8. The average Bonchev–Trinajstić information content (AvgIpc) is 2.94. The monoisotopic (exact) mass is 328 g/mol. The highest BCUT2D eigenvalue weighted by atomic mass is 35.5. The maximum atomic E-state index is 12.3. The lowest BCUT2D eigenvalue weighted by molar-refractivity contribution is -0.117. The van der Waals surface area contributed by atoms with E-state index in [9.17, 15) is 9.59 Å². The van der Waals surface area contributed by atoms with Gasteiger partial charge in [-0.15, -0.1) is 0 Å². The highest BCUT2D eigenvalue weighted by Crippen LogP contribution is 2.31. The first-order valence-electron chi connectivity index (χ1n) is 7.53. The Morgan fingerprint density at radius 3 is 2.65 bits per heavy atom. The number of aryl methyl sites for hydroxylation is 1. The molecule has 5 heteroatoms. The second-order valence-corrected chi connectivity index (χ2v) is 5.99. The highest BCUT2D eigenvalue weighted by molar-refractivity contribution is 6.34. The Morgan fingerprint density at radius 2 is 2.00 bits per heavy atom. The third kappa shape index (κ3) is 3.22. The van der Waals surface area contributed by atoms with Crippen molar-refractivity contribution in [3.8, 4) is 0 Å². The number of benzene rings is 2. The largest absolute Gasteiger partial charge is 0.322 e. The van der Waals surface area contributed by atoms with Crippen LogP contribution in [-0.4, -0.2) is 18.4 Å². The van der Waals surface area contributed by atoms with E-state index in [1.807, 2.05) is 25.1 Å². The van der Waals surface area contributed by atoms with Gasteiger partial charge in [0.05, 0.1) is 10.7 Å². The van der Waals surface area contributed by atoms with Crippen molar-refractivity contribution >= 4 is 34.8 Å². The number of carbonyl (C=O) groups is 2. The van der Waals surface area contributed by atoms with E-state index in [1.54, 1.807) is 29.2 Å². The minimum Gasteiger partial charge on any atom is -0.322 e. The van der Waals surface area contributed by atoms with Crippen molar-refractivity contribution in [1.29, 1.82) is 0 Å². The van der Waals surface area contributed by atoms with E-state index in [0.717, 1.165) is 12.0 Å². The smallest absolute Gasteiger partial charge is 0.255 e. The van der Waals surface area contributed by atoms with Crippen LogP contribution in [0, 0.1) is 6.92 Å². The fraction of sp³-hybridized carbons (Fsp3) is 0.222. The summed E-state index contributed by atoms with van der Waals surface area (Å²) < 4.78 is 0. The molecule has 1 aliphatic rings. The summed E-state index contributed by atoms with van der Waals surface area (Å²) >= 11 is 6.29. The van der Waals surface area contributed by atoms with Crippen molar-refractivity contribution in [1.82, 2.24) is 0 Å². The highest BCUT2D eigenvalue weighted by Gasteiger charge is 2.23. The first-order chi connectivity index (χ1) is 11.1. The zero-order chi connectivity index (χ0) is 16.4. The Morgan fingerprint density at radius 1 is 1.22 bits per heavy atom. The molecule has 0 radical (unpaired) electrons. The van der Waals surface area contributed by atoms with Gasteiger partial charge in [-0.25, -0.2) is 0 Å². The van der Waals surface area contributed by atoms with Gasteiger partial charge < -0.3 is 10.2 Å². The number of nitrogens with zero attached hydrogens (tertiary/aromatic N) is 1. The fourth-order valence-electron chi connectivity index (χ4n) is 2.73. The lowest BCUT2D eigenvalue weighted by atomic mass is 10.1. The molecule has 0 atom stereocenters. The summed E-state index contributed by atoms with van der Waals surface area (Å²) in [7, 11) is 0.